The van der Waals surface area contributed by atoms with Crippen LogP contribution in [0.4, 0.5) is 0 Å². The van der Waals surface area contributed by atoms with Crippen molar-refractivity contribution in [3.63, 3.8) is 0 Å². The van der Waals surface area contributed by atoms with Crippen molar-refractivity contribution in [3.05, 3.63) is 35.0 Å². The van der Waals surface area contributed by atoms with Crippen molar-refractivity contribution in [2.24, 2.45) is 5.29 Å². The molecule has 0 bridgehead atoms. The summed E-state index contributed by atoms with van der Waals surface area (Å²) in [5.74, 6) is -0.121. The van der Waals surface area contributed by atoms with Gasteiger partial charge in [0, 0.05) is 30.9 Å². The Morgan fingerprint density at radius 1 is 1.30 bits per heavy atom. The number of Topliss-reactive ketones (excluding diaryl/α,β-unsaturated/α-hetero) is 1. The fourth-order valence-electron chi connectivity index (χ4n) is 2.59. The Kier molecular flexibility index (Phi) is 8.16. The van der Waals surface area contributed by atoms with E-state index in [0.29, 0.717) is 12.0 Å². The van der Waals surface area contributed by atoms with Crippen LogP contribution in [-0.2, 0) is 9.47 Å². The fraction of sp³-hybridized carbons (Fsp3) is 0.625. The first kappa shape index (κ1) is 21.3. The van der Waals surface area contributed by atoms with E-state index in [1.807, 2.05) is 0 Å². The maximum atomic E-state index is 12.0. The molecule has 1 aromatic heterocycles. The Morgan fingerprint density at radius 3 is 2.70 bits per heavy atom. The molecule has 1 fully saturated rings. The molecule has 150 valence electrons. The van der Waals surface area contributed by atoms with E-state index in [4.69, 9.17) is 14.6 Å². The number of rotatable bonds is 10. The van der Waals surface area contributed by atoms with Crippen LogP contribution in [0.5, 0.6) is 0 Å². The number of aromatic nitrogens is 1. The van der Waals surface area contributed by atoms with Gasteiger partial charge in [-0.05, 0) is 18.6 Å². The molecule has 1 aliphatic heterocycles. The van der Waals surface area contributed by atoms with E-state index < -0.39 is 37.3 Å². The van der Waals surface area contributed by atoms with Gasteiger partial charge in [0.1, 0.15) is 31.1 Å². The summed E-state index contributed by atoms with van der Waals surface area (Å²) in [6, 6.07) is 3.30. The number of carbonyl (C=O) groups excluding carboxylic acids is 1. The number of pyridine rings is 1. The molecule has 11 nitrogen and oxygen atoms in total. The predicted molar refractivity (Wildman–Crippen MR) is 90.0 cm³/mol. The molecular weight excluding hydrogens is 362 g/mol. The third kappa shape index (κ3) is 5.73. The van der Waals surface area contributed by atoms with Gasteiger partial charge in [0.15, 0.2) is 12.1 Å². The van der Waals surface area contributed by atoms with Gasteiger partial charge in [0.25, 0.3) is 0 Å². The number of hydrogen-bond donors (Lipinski definition) is 4. The molecule has 0 saturated carbocycles. The van der Waals surface area contributed by atoms with Crippen molar-refractivity contribution in [1.29, 1.82) is 0 Å². The first-order valence-corrected chi connectivity index (χ1v) is 8.41. The molecule has 0 radical (unpaired) electrons. The second-order valence-corrected chi connectivity index (χ2v) is 6.07. The van der Waals surface area contributed by atoms with Crippen LogP contribution in [0.15, 0.2) is 29.8 Å². The monoisotopic (exact) mass is 385 g/mol. The fourth-order valence-corrected chi connectivity index (χ4v) is 2.59. The van der Waals surface area contributed by atoms with Gasteiger partial charge in [-0.15, -0.1) is 4.91 Å². The van der Waals surface area contributed by atoms with Crippen molar-refractivity contribution in [3.8, 4) is 0 Å². The van der Waals surface area contributed by atoms with Gasteiger partial charge in [-0.2, -0.15) is 0 Å². The van der Waals surface area contributed by atoms with E-state index in [-0.39, 0.29) is 25.5 Å². The Labute approximate surface area is 155 Å². The number of aliphatic hydroxyl groups is 4. The topological polar surface area (TPSA) is 162 Å². The van der Waals surface area contributed by atoms with Crippen molar-refractivity contribution in [2.45, 2.75) is 43.5 Å². The molecule has 0 aromatic carbocycles. The molecule has 0 unspecified atom stereocenters. The van der Waals surface area contributed by atoms with Crippen LogP contribution in [0.2, 0.25) is 0 Å². The molecule has 0 spiro atoms. The lowest BCUT2D eigenvalue weighted by atomic mass is 9.99. The molecular formula is C16H23N3O8. The second-order valence-electron chi connectivity index (χ2n) is 6.07. The summed E-state index contributed by atoms with van der Waals surface area (Å²) in [7, 11) is 0. The average Bonchev–Trinajstić information content (AvgIpc) is 2.70. The molecule has 11 heteroatoms. The quantitative estimate of drug-likeness (QED) is 0.167. The lowest BCUT2D eigenvalue weighted by Gasteiger charge is -2.39. The van der Waals surface area contributed by atoms with Gasteiger partial charge in [-0.1, -0.05) is 0 Å². The lowest BCUT2D eigenvalue weighted by Crippen LogP contribution is -2.59. The van der Waals surface area contributed by atoms with Crippen LogP contribution in [0, 0.1) is 4.91 Å². The molecule has 1 saturated heterocycles. The highest BCUT2D eigenvalue weighted by Gasteiger charge is 2.44. The zero-order valence-corrected chi connectivity index (χ0v) is 14.5. The number of hydrogen-bond acceptors (Lipinski definition) is 10. The summed E-state index contributed by atoms with van der Waals surface area (Å²) < 4.78 is 10.4. The van der Waals surface area contributed by atoms with E-state index in [1.54, 1.807) is 18.3 Å². The van der Waals surface area contributed by atoms with Crippen LogP contribution in [0.25, 0.3) is 0 Å². The molecule has 0 aliphatic carbocycles. The van der Waals surface area contributed by atoms with Crippen LogP contribution in [0.3, 0.4) is 0 Å². The van der Waals surface area contributed by atoms with Crippen LogP contribution >= 0.6 is 0 Å². The molecule has 0 amide bonds. The summed E-state index contributed by atoms with van der Waals surface area (Å²) in [6.45, 7) is -0.836. The van der Waals surface area contributed by atoms with Gasteiger partial charge in [-0.3, -0.25) is 9.78 Å². The highest BCUT2D eigenvalue weighted by atomic mass is 16.7. The smallest absolute Gasteiger partial charge is 0.188 e. The summed E-state index contributed by atoms with van der Waals surface area (Å²) in [6.07, 6.45) is -3.58. The number of nitrogens with zero attached hydrogens (tertiary/aromatic N) is 3. The minimum Gasteiger partial charge on any atom is -0.394 e. The normalized spacial score (nSPS) is 27.9. The SMILES string of the molecule is O=NN(CCCC(=O)c1cccnc1)CO[C@@H]1O[C@H](CO)[C@@H](O)[C@H](O)[C@H]1O. The number of aliphatic hydroxyl groups excluding tert-OH is 4. The summed E-state index contributed by atoms with van der Waals surface area (Å²) >= 11 is 0. The standard InChI is InChI=1S/C16H23N3O8/c20-8-12-13(22)14(23)15(24)16(27-12)26-9-19(18-25)6-2-4-11(21)10-3-1-5-17-7-10/h1,3,5,7,12-16,20,22-24H,2,4,6,8-9H2/t12-,13-,14+,15-,16-/m1/s1. The third-order valence-electron chi connectivity index (χ3n) is 4.16. The van der Waals surface area contributed by atoms with Crippen molar-refractivity contribution in [1.82, 2.24) is 9.99 Å². The van der Waals surface area contributed by atoms with Crippen LogP contribution in [0.1, 0.15) is 23.2 Å². The zero-order chi connectivity index (χ0) is 19.8. The highest BCUT2D eigenvalue weighted by molar-refractivity contribution is 5.95. The number of ether oxygens (including phenoxy) is 2. The van der Waals surface area contributed by atoms with E-state index in [1.165, 1.54) is 6.20 Å². The van der Waals surface area contributed by atoms with Crippen molar-refractivity contribution in [2.75, 3.05) is 19.9 Å². The molecule has 27 heavy (non-hydrogen) atoms. The van der Waals surface area contributed by atoms with Gasteiger partial charge in [0.05, 0.1) is 11.9 Å². The summed E-state index contributed by atoms with van der Waals surface area (Å²) in [5.41, 5.74) is 0.473. The van der Waals surface area contributed by atoms with Gasteiger partial charge < -0.3 is 29.9 Å². The molecule has 2 rings (SSSR count). The first-order chi connectivity index (χ1) is 13.0. The molecule has 1 aliphatic rings. The second kappa shape index (κ2) is 10.3. The number of nitroso groups, excluding NO2 is 1. The maximum Gasteiger partial charge on any atom is 0.188 e. The predicted octanol–water partition coefficient (Wildman–Crippen LogP) is -1.20. The van der Waals surface area contributed by atoms with Crippen LogP contribution < -0.4 is 0 Å². The summed E-state index contributed by atoms with van der Waals surface area (Å²) in [5, 5.41) is 42.1. The van der Waals surface area contributed by atoms with E-state index in [9.17, 15) is 25.0 Å². The van der Waals surface area contributed by atoms with Gasteiger partial charge in [-0.25, -0.2) is 5.01 Å². The van der Waals surface area contributed by atoms with E-state index >= 15 is 0 Å². The Morgan fingerprint density at radius 2 is 2.07 bits per heavy atom. The zero-order valence-electron chi connectivity index (χ0n) is 14.5. The van der Waals surface area contributed by atoms with Gasteiger partial charge in [0.2, 0.25) is 0 Å². The number of ketones is 1. The largest absolute Gasteiger partial charge is 0.394 e. The maximum absolute atomic E-state index is 12.0. The highest BCUT2D eigenvalue weighted by Crippen LogP contribution is 2.22. The number of carbonyl (C=O) groups is 1. The van der Waals surface area contributed by atoms with E-state index in [2.05, 4.69) is 10.3 Å². The molecule has 1 aromatic rings. The molecule has 4 N–H and O–H groups in total. The Hall–Kier alpha value is -2.02. The van der Waals surface area contributed by atoms with Crippen molar-refractivity contribution < 1.29 is 34.7 Å². The lowest BCUT2D eigenvalue weighted by molar-refractivity contribution is -0.308. The first-order valence-electron chi connectivity index (χ1n) is 8.41. The third-order valence-corrected chi connectivity index (χ3v) is 4.16. The minimum atomic E-state index is -1.57. The van der Waals surface area contributed by atoms with E-state index in [0.717, 1.165) is 5.01 Å². The summed E-state index contributed by atoms with van der Waals surface area (Å²) in [4.78, 5) is 26.7. The minimum absolute atomic E-state index is 0.118. The van der Waals surface area contributed by atoms with Crippen LogP contribution in [-0.4, -0.2) is 86.8 Å². The molecule has 5 atom stereocenters. The Bertz CT molecular complexity index is 603. The Balaban J connectivity index is 1.77. The molecule has 2 heterocycles. The van der Waals surface area contributed by atoms with Gasteiger partial charge >= 0.3 is 0 Å². The average molecular weight is 385 g/mol. The van der Waals surface area contributed by atoms with Crippen molar-refractivity contribution >= 4 is 5.78 Å².